The zero-order valence-corrected chi connectivity index (χ0v) is 18.8. The van der Waals surface area contributed by atoms with E-state index in [2.05, 4.69) is 9.62 Å². The third kappa shape index (κ3) is 5.02. The van der Waals surface area contributed by atoms with Crippen molar-refractivity contribution in [2.45, 2.75) is 24.7 Å². The predicted molar refractivity (Wildman–Crippen MR) is 120 cm³/mol. The van der Waals surface area contributed by atoms with Crippen LogP contribution in [0.4, 0.5) is 5.69 Å². The van der Waals surface area contributed by atoms with E-state index < -0.39 is 10.0 Å². The number of anilines is 1. The van der Waals surface area contributed by atoms with E-state index >= 15 is 0 Å². The number of benzene rings is 2. The van der Waals surface area contributed by atoms with E-state index in [1.807, 2.05) is 4.90 Å². The molecule has 1 N–H and O–H groups in total. The molecular formula is C23H29N3O4S. The summed E-state index contributed by atoms with van der Waals surface area (Å²) < 4.78 is 34.0. The molecule has 0 spiro atoms. The predicted octanol–water partition coefficient (Wildman–Crippen LogP) is 2.97. The second-order valence-corrected chi connectivity index (χ2v) is 9.97. The third-order valence-electron chi connectivity index (χ3n) is 5.95. The summed E-state index contributed by atoms with van der Waals surface area (Å²) in [6.45, 7) is 5.93. The minimum atomic E-state index is -3.89. The molecule has 0 radical (unpaired) electrons. The van der Waals surface area contributed by atoms with Crippen LogP contribution in [0.2, 0.25) is 0 Å². The molecule has 0 aromatic heterocycles. The second kappa shape index (κ2) is 8.88. The van der Waals surface area contributed by atoms with Gasteiger partial charge in [-0.15, -0.1) is 0 Å². The highest BCUT2D eigenvalue weighted by Crippen LogP contribution is 2.30. The van der Waals surface area contributed by atoms with Gasteiger partial charge in [-0.2, -0.15) is 0 Å². The van der Waals surface area contributed by atoms with Crippen LogP contribution in [0.5, 0.6) is 5.75 Å². The summed E-state index contributed by atoms with van der Waals surface area (Å²) in [6.07, 6.45) is 2.64. The molecule has 1 aliphatic heterocycles. The van der Waals surface area contributed by atoms with Crippen LogP contribution in [-0.4, -0.2) is 64.0 Å². The summed E-state index contributed by atoms with van der Waals surface area (Å²) in [7, 11) is -2.40. The van der Waals surface area contributed by atoms with Crippen LogP contribution in [0.15, 0.2) is 47.4 Å². The summed E-state index contributed by atoms with van der Waals surface area (Å²) in [4.78, 5) is 17.4. The number of ether oxygens (including phenoxy) is 1. The van der Waals surface area contributed by atoms with Crippen LogP contribution in [0.25, 0.3) is 0 Å². The zero-order chi connectivity index (χ0) is 22.0. The first-order valence-electron chi connectivity index (χ1n) is 10.7. The number of carbonyl (C=O) groups excluding carboxylic acids is 1. The van der Waals surface area contributed by atoms with Crippen molar-refractivity contribution >= 4 is 21.6 Å². The second-order valence-electron chi connectivity index (χ2n) is 8.32. The lowest BCUT2D eigenvalue weighted by molar-refractivity contribution is 0.0632. The Bertz CT molecular complexity index is 1060. The Balaban J connectivity index is 1.50. The van der Waals surface area contributed by atoms with Gasteiger partial charge in [-0.05, 0) is 55.5 Å². The average molecular weight is 444 g/mol. The third-order valence-corrected chi connectivity index (χ3v) is 7.46. The fourth-order valence-electron chi connectivity index (χ4n) is 3.93. The smallest absolute Gasteiger partial charge is 0.262 e. The maximum absolute atomic E-state index is 13.1. The number of rotatable bonds is 7. The largest absolute Gasteiger partial charge is 0.495 e. The fourth-order valence-corrected chi connectivity index (χ4v) is 5.28. The zero-order valence-electron chi connectivity index (χ0n) is 18.0. The minimum absolute atomic E-state index is 0.0941. The number of nitrogens with zero attached hydrogens (tertiary/aromatic N) is 2. The Labute approximate surface area is 184 Å². The number of sulfonamides is 1. The molecule has 0 unspecified atom stereocenters. The van der Waals surface area contributed by atoms with Crippen LogP contribution in [0, 0.1) is 12.8 Å². The lowest BCUT2D eigenvalue weighted by atomic mass is 10.1. The van der Waals surface area contributed by atoms with Gasteiger partial charge in [0.05, 0.1) is 17.7 Å². The van der Waals surface area contributed by atoms with Crippen molar-refractivity contribution in [1.82, 2.24) is 9.80 Å². The molecule has 31 heavy (non-hydrogen) atoms. The van der Waals surface area contributed by atoms with Gasteiger partial charge in [-0.3, -0.25) is 14.4 Å². The van der Waals surface area contributed by atoms with Gasteiger partial charge >= 0.3 is 0 Å². The van der Waals surface area contributed by atoms with Gasteiger partial charge < -0.3 is 9.64 Å². The van der Waals surface area contributed by atoms with Gasteiger partial charge in [0.2, 0.25) is 0 Å². The monoisotopic (exact) mass is 443 g/mol. The number of carbonyl (C=O) groups is 1. The lowest BCUT2D eigenvalue weighted by Crippen LogP contribution is -2.49. The molecule has 2 aliphatic rings. The van der Waals surface area contributed by atoms with E-state index in [-0.39, 0.29) is 10.8 Å². The molecule has 1 saturated carbocycles. The Hall–Kier alpha value is -2.58. The van der Waals surface area contributed by atoms with Gasteiger partial charge in [-0.1, -0.05) is 18.2 Å². The summed E-state index contributed by atoms with van der Waals surface area (Å²) in [5.41, 5.74) is 1.32. The number of piperazine rings is 1. The molecule has 2 fully saturated rings. The average Bonchev–Trinajstić information content (AvgIpc) is 3.58. The van der Waals surface area contributed by atoms with Crippen LogP contribution in [-0.2, 0) is 10.0 Å². The van der Waals surface area contributed by atoms with Crippen LogP contribution in [0.1, 0.15) is 28.8 Å². The number of nitrogens with one attached hydrogen (secondary N) is 1. The van der Waals surface area contributed by atoms with Crippen molar-refractivity contribution in [2.75, 3.05) is 44.6 Å². The number of para-hydroxylation sites is 2. The van der Waals surface area contributed by atoms with E-state index in [4.69, 9.17) is 4.74 Å². The molecule has 4 rings (SSSR count). The molecule has 1 heterocycles. The van der Waals surface area contributed by atoms with Crippen molar-refractivity contribution in [1.29, 1.82) is 0 Å². The number of hydrogen-bond donors (Lipinski definition) is 1. The van der Waals surface area contributed by atoms with Crippen molar-refractivity contribution in [2.24, 2.45) is 5.92 Å². The Morgan fingerprint density at radius 3 is 2.48 bits per heavy atom. The molecule has 7 nitrogen and oxygen atoms in total. The molecule has 1 amide bonds. The molecule has 1 aliphatic carbocycles. The molecule has 166 valence electrons. The Morgan fingerprint density at radius 1 is 1.10 bits per heavy atom. The molecule has 2 aromatic carbocycles. The lowest BCUT2D eigenvalue weighted by Gasteiger charge is -2.35. The van der Waals surface area contributed by atoms with Gasteiger partial charge in [0.1, 0.15) is 5.75 Å². The van der Waals surface area contributed by atoms with Crippen LogP contribution in [0.3, 0.4) is 0 Å². The van der Waals surface area contributed by atoms with Gasteiger partial charge in [-0.25, -0.2) is 8.42 Å². The summed E-state index contributed by atoms with van der Waals surface area (Å²) in [6, 6.07) is 11.7. The summed E-state index contributed by atoms with van der Waals surface area (Å²) in [5.74, 6) is 1.14. The fraction of sp³-hybridized carbons (Fsp3) is 0.435. The first kappa shape index (κ1) is 21.6. The molecular weight excluding hydrogens is 414 g/mol. The quantitative estimate of drug-likeness (QED) is 0.712. The highest BCUT2D eigenvalue weighted by molar-refractivity contribution is 7.92. The van der Waals surface area contributed by atoms with E-state index in [9.17, 15) is 13.2 Å². The number of aryl methyl sites for hydroxylation is 1. The minimum Gasteiger partial charge on any atom is -0.495 e. The van der Waals surface area contributed by atoms with E-state index in [1.54, 1.807) is 43.3 Å². The van der Waals surface area contributed by atoms with Gasteiger partial charge in [0.25, 0.3) is 15.9 Å². The molecule has 0 bridgehead atoms. The first-order chi connectivity index (χ1) is 14.9. The highest BCUT2D eigenvalue weighted by atomic mass is 32.2. The first-order valence-corrected chi connectivity index (χ1v) is 12.1. The van der Waals surface area contributed by atoms with Crippen molar-refractivity contribution in [3.63, 3.8) is 0 Å². The SMILES string of the molecule is COc1ccccc1NS(=O)(=O)c1cc(C(=O)N2CCN(CC3CC3)CC2)ccc1C. The van der Waals surface area contributed by atoms with Crippen LogP contribution >= 0.6 is 0 Å². The molecule has 1 saturated heterocycles. The molecule has 0 atom stereocenters. The molecule has 2 aromatic rings. The van der Waals surface area contributed by atoms with Crippen molar-refractivity contribution < 1.29 is 17.9 Å². The Morgan fingerprint density at radius 2 is 1.81 bits per heavy atom. The standard InChI is InChI=1S/C23H29N3O4S/c1-17-7-10-19(23(27)26-13-11-25(12-14-26)16-18-8-9-18)15-22(17)31(28,29)24-20-5-3-4-6-21(20)30-2/h3-7,10,15,18,24H,8-9,11-14,16H2,1-2H3. The highest BCUT2D eigenvalue weighted by Gasteiger charge is 2.28. The summed E-state index contributed by atoms with van der Waals surface area (Å²) in [5, 5.41) is 0. The van der Waals surface area contributed by atoms with Gasteiger partial charge in [0, 0.05) is 38.3 Å². The Kier molecular flexibility index (Phi) is 6.20. The van der Waals surface area contributed by atoms with Crippen LogP contribution < -0.4 is 9.46 Å². The maximum Gasteiger partial charge on any atom is 0.262 e. The number of methoxy groups -OCH3 is 1. The number of hydrogen-bond acceptors (Lipinski definition) is 5. The van der Waals surface area contributed by atoms with Crippen molar-refractivity contribution in [3.8, 4) is 5.75 Å². The normalized spacial score (nSPS) is 17.4. The van der Waals surface area contributed by atoms with E-state index in [0.29, 0.717) is 35.7 Å². The maximum atomic E-state index is 13.1. The van der Waals surface area contributed by atoms with Gasteiger partial charge in [0.15, 0.2) is 0 Å². The topological polar surface area (TPSA) is 78.9 Å². The van der Waals surface area contributed by atoms with Crippen molar-refractivity contribution in [3.05, 3.63) is 53.6 Å². The molecule has 8 heteroatoms. The van der Waals surface area contributed by atoms with E-state index in [1.165, 1.54) is 26.0 Å². The van der Waals surface area contributed by atoms with E-state index in [0.717, 1.165) is 25.6 Å². The number of amides is 1. The summed E-state index contributed by atoms with van der Waals surface area (Å²) >= 11 is 0.